The molecule has 1 rings (SSSR count). The van der Waals surface area contributed by atoms with Gasteiger partial charge in [0.15, 0.2) is 5.78 Å². The summed E-state index contributed by atoms with van der Waals surface area (Å²) in [6.45, 7) is 3.54. The number of carbonyl (C=O) groups is 2. The fourth-order valence-corrected chi connectivity index (χ4v) is 2.28. The van der Waals surface area contributed by atoms with Crippen molar-refractivity contribution in [3.05, 3.63) is 12.2 Å². The minimum absolute atomic E-state index is 0.0283. The van der Waals surface area contributed by atoms with Crippen molar-refractivity contribution in [3.63, 3.8) is 0 Å². The van der Waals surface area contributed by atoms with Crippen molar-refractivity contribution in [3.8, 4) is 0 Å². The molecule has 0 aromatic carbocycles. The molecule has 0 aliphatic carbocycles. The summed E-state index contributed by atoms with van der Waals surface area (Å²) in [5.41, 5.74) is 0. The zero-order valence-electron chi connectivity index (χ0n) is 12.6. The minimum Gasteiger partial charge on any atom is -0.432 e. The number of unbranched alkanes of at least 4 members (excludes halogenated alkanes) is 6. The highest BCUT2D eigenvalue weighted by Gasteiger charge is 2.26. The van der Waals surface area contributed by atoms with Crippen LogP contribution in [0.1, 0.15) is 65.2 Å². The maximum absolute atomic E-state index is 11.7. The predicted molar refractivity (Wildman–Crippen MR) is 77.2 cm³/mol. The molecule has 4 heteroatoms. The van der Waals surface area contributed by atoms with E-state index in [0.29, 0.717) is 6.42 Å². The molecule has 1 aliphatic heterocycles. The molecule has 0 aromatic rings. The van der Waals surface area contributed by atoms with Crippen molar-refractivity contribution < 1.29 is 19.1 Å². The highest BCUT2D eigenvalue weighted by atomic mass is 16.7. The molecule has 0 saturated heterocycles. The molecule has 0 saturated carbocycles. The average Bonchev–Trinajstić information content (AvgIpc) is 2.40. The molecule has 1 aliphatic rings. The molecule has 2 unspecified atom stereocenters. The van der Waals surface area contributed by atoms with Crippen LogP contribution in [0, 0.1) is 0 Å². The summed E-state index contributed by atoms with van der Waals surface area (Å²) in [6.07, 6.45) is 10.9. The molecule has 4 nitrogen and oxygen atoms in total. The van der Waals surface area contributed by atoms with Crippen LogP contribution in [0.4, 0.5) is 0 Å². The third kappa shape index (κ3) is 6.85. The predicted octanol–water partition coefficient (Wildman–Crippen LogP) is 3.54. The van der Waals surface area contributed by atoms with Crippen LogP contribution in [-0.2, 0) is 19.1 Å². The van der Waals surface area contributed by atoms with Crippen LogP contribution < -0.4 is 0 Å². The highest BCUT2D eigenvalue weighted by molar-refractivity contribution is 5.94. The van der Waals surface area contributed by atoms with Crippen molar-refractivity contribution in [2.24, 2.45) is 0 Å². The Kier molecular flexibility index (Phi) is 8.19. The summed E-state index contributed by atoms with van der Waals surface area (Å²) in [7, 11) is 0. The van der Waals surface area contributed by atoms with E-state index in [2.05, 4.69) is 6.92 Å². The molecule has 0 spiro atoms. The Labute approximate surface area is 121 Å². The molecule has 2 atom stereocenters. The molecule has 0 bridgehead atoms. The average molecular weight is 282 g/mol. The zero-order valence-corrected chi connectivity index (χ0v) is 12.6. The van der Waals surface area contributed by atoms with Gasteiger partial charge in [-0.3, -0.25) is 9.59 Å². The number of esters is 1. The molecule has 0 N–H and O–H groups in total. The Morgan fingerprint density at radius 3 is 2.50 bits per heavy atom. The molecule has 0 radical (unpaired) electrons. The van der Waals surface area contributed by atoms with Gasteiger partial charge in [-0.15, -0.1) is 0 Å². The Morgan fingerprint density at radius 1 is 1.20 bits per heavy atom. The van der Waals surface area contributed by atoms with E-state index in [1.165, 1.54) is 51.2 Å². The topological polar surface area (TPSA) is 52.6 Å². The number of hydrogen-bond donors (Lipinski definition) is 0. The molecule has 0 fully saturated rings. The van der Waals surface area contributed by atoms with E-state index >= 15 is 0 Å². The number of carbonyl (C=O) groups excluding carboxylic acids is 2. The van der Waals surface area contributed by atoms with Crippen molar-refractivity contribution in [2.75, 3.05) is 0 Å². The second kappa shape index (κ2) is 9.70. The van der Waals surface area contributed by atoms with Crippen LogP contribution in [0.5, 0.6) is 0 Å². The lowest BCUT2D eigenvalue weighted by molar-refractivity contribution is -0.180. The van der Waals surface area contributed by atoms with Crippen molar-refractivity contribution >= 4 is 11.8 Å². The zero-order chi connectivity index (χ0) is 14.8. The van der Waals surface area contributed by atoms with E-state index < -0.39 is 18.4 Å². The fourth-order valence-electron chi connectivity index (χ4n) is 2.28. The van der Waals surface area contributed by atoms with Gasteiger partial charge in [0.1, 0.15) is 6.10 Å². The van der Waals surface area contributed by atoms with Crippen LogP contribution in [0.3, 0.4) is 0 Å². The van der Waals surface area contributed by atoms with Gasteiger partial charge in [0.25, 0.3) is 0 Å². The summed E-state index contributed by atoms with van der Waals surface area (Å²) in [5.74, 6) is -0.428. The monoisotopic (exact) mass is 282 g/mol. The largest absolute Gasteiger partial charge is 0.432 e. The van der Waals surface area contributed by atoms with Gasteiger partial charge in [0.05, 0.1) is 0 Å². The van der Waals surface area contributed by atoms with Crippen molar-refractivity contribution in [2.45, 2.75) is 77.6 Å². The van der Waals surface area contributed by atoms with Crippen LogP contribution >= 0.6 is 0 Å². The van der Waals surface area contributed by atoms with Crippen molar-refractivity contribution in [1.29, 1.82) is 0 Å². The van der Waals surface area contributed by atoms with Crippen LogP contribution in [0.2, 0.25) is 0 Å². The number of ketones is 1. The summed E-state index contributed by atoms with van der Waals surface area (Å²) in [6, 6.07) is 0. The van der Waals surface area contributed by atoms with Gasteiger partial charge in [-0.2, -0.15) is 0 Å². The van der Waals surface area contributed by atoms with Gasteiger partial charge >= 0.3 is 5.97 Å². The van der Waals surface area contributed by atoms with Gasteiger partial charge in [-0.1, -0.05) is 51.9 Å². The van der Waals surface area contributed by atoms with Gasteiger partial charge in [0.2, 0.25) is 6.29 Å². The summed E-state index contributed by atoms with van der Waals surface area (Å²) in [4.78, 5) is 22.5. The second-order valence-corrected chi connectivity index (χ2v) is 5.27. The second-order valence-electron chi connectivity index (χ2n) is 5.27. The Bertz CT molecular complexity index is 335. The molecule has 0 amide bonds. The molecule has 114 valence electrons. The smallest absolute Gasteiger partial charge is 0.305 e. The Balaban J connectivity index is 2.17. The minimum atomic E-state index is -0.709. The van der Waals surface area contributed by atoms with E-state index in [1.807, 2.05) is 0 Å². The number of hydrogen-bond acceptors (Lipinski definition) is 4. The van der Waals surface area contributed by atoms with E-state index in [9.17, 15) is 9.59 Å². The molecule has 1 heterocycles. The fraction of sp³-hybridized carbons (Fsp3) is 0.750. The third-order valence-corrected chi connectivity index (χ3v) is 3.39. The van der Waals surface area contributed by atoms with Crippen molar-refractivity contribution in [1.82, 2.24) is 0 Å². The lowest BCUT2D eigenvalue weighted by atomic mass is 10.0. The van der Waals surface area contributed by atoms with Gasteiger partial charge in [-0.05, 0) is 18.6 Å². The summed E-state index contributed by atoms with van der Waals surface area (Å²) >= 11 is 0. The third-order valence-electron chi connectivity index (χ3n) is 3.39. The number of rotatable bonds is 9. The first-order valence-corrected chi connectivity index (χ1v) is 7.68. The van der Waals surface area contributed by atoms with Crippen LogP contribution in [0.15, 0.2) is 12.2 Å². The first kappa shape index (κ1) is 16.9. The molecule has 0 aromatic heterocycles. The lowest BCUT2D eigenvalue weighted by Crippen LogP contribution is -2.33. The van der Waals surface area contributed by atoms with Gasteiger partial charge in [0, 0.05) is 6.92 Å². The van der Waals surface area contributed by atoms with E-state index in [1.54, 1.807) is 0 Å². The maximum Gasteiger partial charge on any atom is 0.305 e. The summed E-state index contributed by atoms with van der Waals surface area (Å²) in [5, 5.41) is 0. The quantitative estimate of drug-likeness (QED) is 0.479. The van der Waals surface area contributed by atoms with Gasteiger partial charge < -0.3 is 9.47 Å². The SMILES string of the molecule is CCCCCCCCCC1OC(OC(C)=O)C=CC1=O. The van der Waals surface area contributed by atoms with E-state index in [4.69, 9.17) is 9.47 Å². The number of ether oxygens (including phenoxy) is 2. The first-order valence-electron chi connectivity index (χ1n) is 7.68. The standard InChI is InChI=1S/C16H26O4/c1-3-4-5-6-7-8-9-10-15-14(18)11-12-16(20-15)19-13(2)17/h11-12,15-16H,3-10H2,1-2H3. The highest BCUT2D eigenvalue weighted by Crippen LogP contribution is 2.17. The van der Waals surface area contributed by atoms with E-state index in [-0.39, 0.29) is 5.78 Å². The van der Waals surface area contributed by atoms with Gasteiger partial charge in [-0.25, -0.2) is 0 Å². The first-order chi connectivity index (χ1) is 9.63. The Hall–Kier alpha value is -1.16. The van der Waals surface area contributed by atoms with Crippen LogP contribution in [0.25, 0.3) is 0 Å². The lowest BCUT2D eigenvalue weighted by Gasteiger charge is -2.24. The normalized spacial score (nSPS) is 22.0. The maximum atomic E-state index is 11.7. The molecular weight excluding hydrogens is 256 g/mol. The molecule has 20 heavy (non-hydrogen) atoms. The Morgan fingerprint density at radius 2 is 1.85 bits per heavy atom. The van der Waals surface area contributed by atoms with Crippen LogP contribution in [-0.4, -0.2) is 24.1 Å². The summed E-state index contributed by atoms with van der Waals surface area (Å²) < 4.78 is 10.4. The van der Waals surface area contributed by atoms with E-state index in [0.717, 1.165) is 12.8 Å². The molecular formula is C16H26O4.